The van der Waals surface area contributed by atoms with Gasteiger partial charge in [-0.25, -0.2) is 0 Å². The van der Waals surface area contributed by atoms with Gasteiger partial charge in [0, 0.05) is 0 Å². The third-order valence-electron chi connectivity index (χ3n) is 2.53. The van der Waals surface area contributed by atoms with Crippen LogP contribution in [0.2, 0.25) is 0 Å². The number of hydrogen-bond donors (Lipinski definition) is 1. The zero-order valence-corrected chi connectivity index (χ0v) is 10.1. The van der Waals surface area contributed by atoms with Crippen molar-refractivity contribution in [1.82, 2.24) is 0 Å². The van der Waals surface area contributed by atoms with E-state index in [0.29, 0.717) is 5.75 Å². The van der Waals surface area contributed by atoms with E-state index < -0.39 is 7.12 Å². The van der Waals surface area contributed by atoms with E-state index in [9.17, 15) is 5.02 Å². The fraction of sp³-hybridized carbons (Fsp3) is 0.143. The Labute approximate surface area is 102 Å². The number of benzene rings is 2. The van der Waals surface area contributed by atoms with Crippen molar-refractivity contribution in [2.75, 3.05) is 0 Å². The molecule has 0 saturated carbocycles. The third kappa shape index (κ3) is 3.11. The number of rotatable bonds is 3. The van der Waals surface area contributed by atoms with Crippen molar-refractivity contribution in [3.05, 3.63) is 59.7 Å². The topological polar surface area (TPSA) is 29.5 Å². The molecule has 17 heavy (non-hydrogen) atoms. The molecule has 0 unspecified atom stereocenters. The Morgan fingerprint density at radius 2 is 1.53 bits per heavy atom. The van der Waals surface area contributed by atoms with Gasteiger partial charge in [-0.3, -0.25) is 0 Å². The zero-order valence-electron chi connectivity index (χ0n) is 10.1. The van der Waals surface area contributed by atoms with Gasteiger partial charge in [0.25, 0.3) is 0 Å². The second kappa shape index (κ2) is 5.06. The highest BCUT2D eigenvalue weighted by atomic mass is 16.5. The maximum Gasteiger partial charge on any atom is 0.560 e. The summed E-state index contributed by atoms with van der Waals surface area (Å²) in [6.45, 7) is 4.02. The summed E-state index contributed by atoms with van der Waals surface area (Å²) in [6, 6.07) is 15.3. The molecule has 1 N–H and O–H groups in total. The van der Waals surface area contributed by atoms with Crippen molar-refractivity contribution in [3.8, 4) is 5.75 Å². The van der Waals surface area contributed by atoms with Crippen LogP contribution in [-0.4, -0.2) is 12.1 Å². The summed E-state index contributed by atoms with van der Waals surface area (Å²) in [5.41, 5.74) is 3.01. The minimum absolute atomic E-state index is 0.693. The van der Waals surface area contributed by atoms with Gasteiger partial charge in [0.05, 0.1) is 0 Å². The van der Waals surface area contributed by atoms with Crippen molar-refractivity contribution >= 4 is 12.6 Å². The molecule has 0 aliphatic rings. The predicted molar refractivity (Wildman–Crippen MR) is 70.6 cm³/mol. The SMILES string of the molecule is Cc1cc(C)cc(OB(O)c2ccccc2)c1. The van der Waals surface area contributed by atoms with E-state index in [1.165, 1.54) is 0 Å². The molecule has 0 aromatic heterocycles. The second-order valence-corrected chi connectivity index (χ2v) is 4.20. The van der Waals surface area contributed by atoms with Gasteiger partial charge in [-0.05, 0) is 42.6 Å². The first-order chi connectivity index (χ1) is 8.15. The molecule has 0 heterocycles. The van der Waals surface area contributed by atoms with Crippen LogP contribution >= 0.6 is 0 Å². The highest BCUT2D eigenvalue weighted by Gasteiger charge is 2.18. The Balaban J connectivity index is 2.16. The summed E-state index contributed by atoms with van der Waals surface area (Å²) < 4.78 is 5.52. The molecule has 3 heteroatoms. The molecule has 0 bridgehead atoms. The van der Waals surface area contributed by atoms with E-state index in [-0.39, 0.29) is 0 Å². The van der Waals surface area contributed by atoms with Crippen LogP contribution in [-0.2, 0) is 0 Å². The lowest BCUT2D eigenvalue weighted by molar-refractivity contribution is 0.432. The van der Waals surface area contributed by atoms with Crippen LogP contribution in [0.5, 0.6) is 5.75 Å². The average Bonchev–Trinajstić information content (AvgIpc) is 2.28. The Bertz CT molecular complexity index is 477. The van der Waals surface area contributed by atoms with E-state index in [1.54, 1.807) is 0 Å². The van der Waals surface area contributed by atoms with E-state index in [0.717, 1.165) is 16.6 Å². The van der Waals surface area contributed by atoms with Crippen LogP contribution in [0.4, 0.5) is 0 Å². The van der Waals surface area contributed by atoms with E-state index in [2.05, 4.69) is 6.07 Å². The molecule has 0 fully saturated rings. The molecule has 0 saturated heterocycles. The standard InChI is InChI=1S/C14H15BO2/c1-11-8-12(2)10-14(9-11)17-15(16)13-6-4-3-5-7-13/h3-10,16H,1-2H3. The summed E-state index contributed by atoms with van der Waals surface area (Å²) in [7, 11) is -0.919. The first-order valence-corrected chi connectivity index (χ1v) is 5.63. The van der Waals surface area contributed by atoms with E-state index in [1.807, 2.05) is 56.3 Å². The van der Waals surface area contributed by atoms with E-state index in [4.69, 9.17) is 4.65 Å². The molecule has 0 atom stereocenters. The Morgan fingerprint density at radius 1 is 0.941 bits per heavy atom. The third-order valence-corrected chi connectivity index (χ3v) is 2.53. The number of hydrogen-bond acceptors (Lipinski definition) is 2. The summed E-state index contributed by atoms with van der Waals surface area (Å²) in [5.74, 6) is 0.693. The lowest BCUT2D eigenvalue weighted by Crippen LogP contribution is -2.36. The van der Waals surface area contributed by atoms with Crippen molar-refractivity contribution in [2.24, 2.45) is 0 Å². The zero-order chi connectivity index (χ0) is 12.3. The molecule has 0 amide bonds. The van der Waals surface area contributed by atoms with Crippen LogP contribution in [0, 0.1) is 13.8 Å². The maximum atomic E-state index is 9.93. The van der Waals surface area contributed by atoms with Crippen LogP contribution in [0.25, 0.3) is 0 Å². The van der Waals surface area contributed by atoms with Crippen LogP contribution in [0.1, 0.15) is 11.1 Å². The first-order valence-electron chi connectivity index (χ1n) is 5.63. The lowest BCUT2D eigenvalue weighted by Gasteiger charge is -2.11. The molecule has 0 aliphatic carbocycles. The largest absolute Gasteiger partial charge is 0.560 e. The second-order valence-electron chi connectivity index (χ2n) is 4.20. The van der Waals surface area contributed by atoms with Crippen molar-refractivity contribution in [1.29, 1.82) is 0 Å². The summed E-state index contributed by atoms with van der Waals surface area (Å²) in [5, 5.41) is 9.93. The average molecular weight is 226 g/mol. The van der Waals surface area contributed by atoms with Crippen LogP contribution in [0.15, 0.2) is 48.5 Å². The quantitative estimate of drug-likeness (QED) is 0.811. The maximum absolute atomic E-state index is 9.93. The highest BCUT2D eigenvalue weighted by molar-refractivity contribution is 6.60. The van der Waals surface area contributed by atoms with Crippen LogP contribution < -0.4 is 10.1 Å². The molecule has 2 nitrogen and oxygen atoms in total. The molecule has 0 spiro atoms. The van der Waals surface area contributed by atoms with Gasteiger partial charge < -0.3 is 9.68 Å². The monoisotopic (exact) mass is 226 g/mol. The predicted octanol–water partition coefficient (Wildman–Crippen LogP) is 2.07. The van der Waals surface area contributed by atoms with Gasteiger partial charge in [-0.15, -0.1) is 0 Å². The molecule has 0 aliphatic heterocycles. The number of aryl methyl sites for hydroxylation is 2. The summed E-state index contributed by atoms with van der Waals surface area (Å²) in [6.07, 6.45) is 0. The molecule has 2 rings (SSSR count). The van der Waals surface area contributed by atoms with Gasteiger partial charge in [0.2, 0.25) is 0 Å². The van der Waals surface area contributed by atoms with Gasteiger partial charge in [-0.1, -0.05) is 36.4 Å². The molecule has 86 valence electrons. The lowest BCUT2D eigenvalue weighted by atomic mass is 9.79. The summed E-state index contributed by atoms with van der Waals surface area (Å²) in [4.78, 5) is 0. The smallest absolute Gasteiger partial charge is 0.532 e. The van der Waals surface area contributed by atoms with Crippen molar-refractivity contribution in [3.63, 3.8) is 0 Å². The highest BCUT2D eigenvalue weighted by Crippen LogP contribution is 2.16. The van der Waals surface area contributed by atoms with Crippen molar-refractivity contribution in [2.45, 2.75) is 13.8 Å². The normalized spacial score (nSPS) is 10.1. The van der Waals surface area contributed by atoms with Gasteiger partial charge in [0.15, 0.2) is 0 Å². The van der Waals surface area contributed by atoms with Crippen LogP contribution in [0.3, 0.4) is 0 Å². The van der Waals surface area contributed by atoms with Gasteiger partial charge in [-0.2, -0.15) is 0 Å². The molecule has 2 aromatic carbocycles. The van der Waals surface area contributed by atoms with Gasteiger partial charge >= 0.3 is 7.12 Å². The fourth-order valence-corrected chi connectivity index (χ4v) is 1.82. The fourth-order valence-electron chi connectivity index (χ4n) is 1.82. The Hall–Kier alpha value is -1.74. The molecule has 2 aromatic rings. The molecular formula is C14H15BO2. The first kappa shape index (κ1) is 11.7. The van der Waals surface area contributed by atoms with E-state index >= 15 is 0 Å². The molecule has 0 radical (unpaired) electrons. The Morgan fingerprint density at radius 3 is 2.12 bits per heavy atom. The minimum Gasteiger partial charge on any atom is -0.532 e. The van der Waals surface area contributed by atoms with Crippen molar-refractivity contribution < 1.29 is 9.68 Å². The molecular weight excluding hydrogens is 211 g/mol. The summed E-state index contributed by atoms with van der Waals surface area (Å²) >= 11 is 0. The Kier molecular flexibility index (Phi) is 3.50. The minimum atomic E-state index is -0.919. The van der Waals surface area contributed by atoms with Gasteiger partial charge in [0.1, 0.15) is 5.75 Å².